The monoisotopic (exact) mass is 290 g/mol. The second-order valence-electron chi connectivity index (χ2n) is 6.26. The van der Waals surface area contributed by atoms with E-state index in [2.05, 4.69) is 13.8 Å². The van der Waals surface area contributed by atoms with Crippen LogP contribution in [0.25, 0.3) is 0 Å². The van der Waals surface area contributed by atoms with Gasteiger partial charge in [0, 0.05) is 5.92 Å². The van der Waals surface area contributed by atoms with Crippen LogP contribution in [0, 0.1) is 17.8 Å². The molecule has 0 aliphatic heterocycles. The summed E-state index contributed by atoms with van der Waals surface area (Å²) in [6.07, 6.45) is 4.24. The Hall–Kier alpha value is -1.51. The second-order valence-corrected chi connectivity index (χ2v) is 6.26. The number of carbonyl (C=O) groups is 1. The summed E-state index contributed by atoms with van der Waals surface area (Å²) in [4.78, 5) is 12.9. The summed E-state index contributed by atoms with van der Waals surface area (Å²) < 4.78 is 10.7. The zero-order chi connectivity index (χ0) is 15.4. The number of ketones is 1. The quantitative estimate of drug-likeness (QED) is 0.756. The van der Waals surface area contributed by atoms with Gasteiger partial charge in [0.2, 0.25) is 0 Å². The average Bonchev–Trinajstić information content (AvgIpc) is 2.53. The zero-order valence-electron chi connectivity index (χ0n) is 13.5. The van der Waals surface area contributed by atoms with Crippen LogP contribution in [-0.2, 0) is 0 Å². The van der Waals surface area contributed by atoms with Gasteiger partial charge in [-0.25, -0.2) is 0 Å². The largest absolute Gasteiger partial charge is 0.496 e. The fourth-order valence-corrected chi connectivity index (χ4v) is 3.35. The number of methoxy groups -OCH3 is 2. The number of hydrogen-bond acceptors (Lipinski definition) is 3. The Morgan fingerprint density at radius 1 is 1.05 bits per heavy atom. The van der Waals surface area contributed by atoms with Gasteiger partial charge >= 0.3 is 0 Å². The van der Waals surface area contributed by atoms with Crippen molar-refractivity contribution in [2.24, 2.45) is 17.8 Å². The lowest BCUT2D eigenvalue weighted by molar-refractivity contribution is 0.0852. The fraction of sp³-hybridized carbons (Fsp3) is 0.611. The summed E-state index contributed by atoms with van der Waals surface area (Å²) >= 11 is 0. The van der Waals surface area contributed by atoms with Crippen LogP contribution < -0.4 is 9.47 Å². The van der Waals surface area contributed by atoms with Crippen molar-refractivity contribution in [3.63, 3.8) is 0 Å². The van der Waals surface area contributed by atoms with Crippen LogP contribution in [0.2, 0.25) is 0 Å². The summed E-state index contributed by atoms with van der Waals surface area (Å²) in [6, 6.07) is 5.51. The Kier molecular flexibility index (Phi) is 5.27. The maximum Gasteiger partial charge on any atom is 0.173 e. The molecule has 0 heterocycles. The molecule has 3 heteroatoms. The molecular weight excluding hydrogens is 264 g/mol. The molecule has 2 rings (SSSR count). The van der Waals surface area contributed by atoms with Gasteiger partial charge in [0.1, 0.15) is 17.1 Å². The highest BCUT2D eigenvalue weighted by Crippen LogP contribution is 2.38. The molecule has 1 saturated carbocycles. The van der Waals surface area contributed by atoms with Gasteiger partial charge in [0.15, 0.2) is 5.78 Å². The molecular formula is C18H26O3. The summed E-state index contributed by atoms with van der Waals surface area (Å²) in [7, 11) is 3.20. The molecule has 0 saturated heterocycles. The molecule has 0 amide bonds. The highest BCUT2D eigenvalue weighted by Gasteiger charge is 2.31. The second kappa shape index (κ2) is 6.97. The van der Waals surface area contributed by atoms with Gasteiger partial charge in [-0.2, -0.15) is 0 Å². The summed E-state index contributed by atoms with van der Waals surface area (Å²) in [5, 5.41) is 0. The molecule has 21 heavy (non-hydrogen) atoms. The van der Waals surface area contributed by atoms with E-state index in [0.717, 1.165) is 31.6 Å². The zero-order valence-corrected chi connectivity index (χ0v) is 13.5. The van der Waals surface area contributed by atoms with Crippen molar-refractivity contribution in [1.29, 1.82) is 0 Å². The van der Waals surface area contributed by atoms with E-state index in [4.69, 9.17) is 9.47 Å². The van der Waals surface area contributed by atoms with E-state index in [9.17, 15) is 4.79 Å². The van der Waals surface area contributed by atoms with Gasteiger partial charge in [-0.1, -0.05) is 19.9 Å². The van der Waals surface area contributed by atoms with Crippen molar-refractivity contribution in [1.82, 2.24) is 0 Å². The lowest BCUT2D eigenvalue weighted by Gasteiger charge is -2.30. The molecule has 1 aliphatic rings. The fourth-order valence-electron chi connectivity index (χ4n) is 3.35. The highest BCUT2D eigenvalue weighted by molar-refractivity contribution is 6.02. The Balaban J connectivity index is 2.18. The van der Waals surface area contributed by atoms with Crippen molar-refractivity contribution < 1.29 is 14.3 Å². The summed E-state index contributed by atoms with van der Waals surface area (Å²) in [5.41, 5.74) is 0.607. The maximum atomic E-state index is 12.9. The molecule has 1 aromatic carbocycles. The number of rotatable bonds is 5. The first-order valence-corrected chi connectivity index (χ1v) is 7.83. The van der Waals surface area contributed by atoms with Crippen molar-refractivity contribution >= 4 is 5.78 Å². The molecule has 1 aromatic rings. The Morgan fingerprint density at radius 3 is 2.00 bits per heavy atom. The number of hydrogen-bond donors (Lipinski definition) is 0. The number of ether oxygens (including phenoxy) is 2. The third-order valence-corrected chi connectivity index (χ3v) is 4.76. The standard InChI is InChI=1S/C18H26O3/c1-12(2)13-8-10-14(11-9-13)18(19)17-15(20-3)6-5-7-16(17)21-4/h5-7,12-14H,8-11H2,1-4H3. The molecule has 116 valence electrons. The normalized spacial score (nSPS) is 22.1. The van der Waals surface area contributed by atoms with Gasteiger partial charge in [0.25, 0.3) is 0 Å². The van der Waals surface area contributed by atoms with Crippen LogP contribution in [0.5, 0.6) is 11.5 Å². The predicted octanol–water partition coefficient (Wildman–Crippen LogP) is 4.35. The minimum Gasteiger partial charge on any atom is -0.496 e. The summed E-state index contributed by atoms with van der Waals surface area (Å²) in [6.45, 7) is 4.55. The Bertz CT molecular complexity index is 463. The number of Topliss-reactive ketones (excluding diaryl/α,β-unsaturated/α-hetero) is 1. The van der Waals surface area contributed by atoms with Gasteiger partial charge in [-0.15, -0.1) is 0 Å². The maximum absolute atomic E-state index is 12.9. The van der Waals surface area contributed by atoms with Crippen LogP contribution in [0.15, 0.2) is 18.2 Å². The van der Waals surface area contributed by atoms with Crippen molar-refractivity contribution in [2.75, 3.05) is 14.2 Å². The van der Waals surface area contributed by atoms with Gasteiger partial charge < -0.3 is 9.47 Å². The molecule has 0 unspecified atom stereocenters. The van der Waals surface area contributed by atoms with E-state index >= 15 is 0 Å². The lowest BCUT2D eigenvalue weighted by atomic mass is 9.74. The molecule has 0 bridgehead atoms. The predicted molar refractivity (Wildman–Crippen MR) is 84.2 cm³/mol. The molecule has 0 atom stereocenters. The van der Waals surface area contributed by atoms with E-state index in [1.807, 2.05) is 18.2 Å². The molecule has 0 aromatic heterocycles. The van der Waals surface area contributed by atoms with Crippen LogP contribution in [-0.4, -0.2) is 20.0 Å². The van der Waals surface area contributed by atoms with Crippen LogP contribution in [0.3, 0.4) is 0 Å². The third kappa shape index (κ3) is 3.39. The average molecular weight is 290 g/mol. The van der Waals surface area contributed by atoms with Crippen molar-refractivity contribution in [3.05, 3.63) is 23.8 Å². The van der Waals surface area contributed by atoms with Gasteiger partial charge in [-0.3, -0.25) is 4.79 Å². The third-order valence-electron chi connectivity index (χ3n) is 4.76. The lowest BCUT2D eigenvalue weighted by Crippen LogP contribution is -2.24. The molecule has 0 N–H and O–H groups in total. The van der Waals surface area contributed by atoms with E-state index in [0.29, 0.717) is 23.0 Å². The topological polar surface area (TPSA) is 35.5 Å². The van der Waals surface area contributed by atoms with Crippen molar-refractivity contribution in [3.8, 4) is 11.5 Å². The minimum absolute atomic E-state index is 0.102. The first-order chi connectivity index (χ1) is 10.1. The Morgan fingerprint density at radius 2 is 1.57 bits per heavy atom. The SMILES string of the molecule is COc1cccc(OC)c1C(=O)C1CCC(C(C)C)CC1. The molecule has 1 aliphatic carbocycles. The molecule has 0 spiro atoms. The first kappa shape index (κ1) is 15.9. The smallest absolute Gasteiger partial charge is 0.173 e. The van der Waals surface area contributed by atoms with Gasteiger partial charge in [0.05, 0.1) is 14.2 Å². The molecule has 1 fully saturated rings. The Labute approximate surface area is 127 Å². The van der Waals surface area contributed by atoms with E-state index in [1.54, 1.807) is 14.2 Å². The number of benzene rings is 1. The first-order valence-electron chi connectivity index (χ1n) is 7.83. The van der Waals surface area contributed by atoms with E-state index < -0.39 is 0 Å². The van der Waals surface area contributed by atoms with Crippen molar-refractivity contribution in [2.45, 2.75) is 39.5 Å². The van der Waals surface area contributed by atoms with Crippen LogP contribution in [0.1, 0.15) is 49.9 Å². The van der Waals surface area contributed by atoms with Crippen LogP contribution >= 0.6 is 0 Å². The van der Waals surface area contributed by atoms with E-state index in [-0.39, 0.29) is 11.7 Å². The minimum atomic E-state index is 0.102. The van der Waals surface area contributed by atoms with E-state index in [1.165, 1.54) is 0 Å². The number of carbonyl (C=O) groups excluding carboxylic acids is 1. The molecule has 3 nitrogen and oxygen atoms in total. The van der Waals surface area contributed by atoms with Crippen LogP contribution in [0.4, 0.5) is 0 Å². The highest BCUT2D eigenvalue weighted by atomic mass is 16.5. The summed E-state index contributed by atoms with van der Waals surface area (Å²) in [5.74, 6) is 2.97. The molecule has 0 radical (unpaired) electrons. The van der Waals surface area contributed by atoms with Gasteiger partial charge in [-0.05, 0) is 49.7 Å².